The lowest BCUT2D eigenvalue weighted by molar-refractivity contribution is 0.0950. The van der Waals surface area contributed by atoms with Crippen LogP contribution in [0.25, 0.3) is 0 Å². The molecule has 0 unspecified atom stereocenters. The van der Waals surface area contributed by atoms with Crippen LogP contribution in [0.5, 0.6) is 5.75 Å². The van der Waals surface area contributed by atoms with Gasteiger partial charge in [-0.25, -0.2) is 0 Å². The van der Waals surface area contributed by atoms with Gasteiger partial charge in [-0.05, 0) is 12.1 Å². The summed E-state index contributed by atoms with van der Waals surface area (Å²) in [5.41, 5.74) is 1.38. The zero-order valence-corrected chi connectivity index (χ0v) is 10.8. The van der Waals surface area contributed by atoms with E-state index in [-0.39, 0.29) is 5.91 Å². The van der Waals surface area contributed by atoms with Gasteiger partial charge < -0.3 is 19.9 Å². The fourth-order valence-electron chi connectivity index (χ4n) is 2.03. The number of aromatic nitrogens is 2. The highest BCUT2D eigenvalue weighted by atomic mass is 16.5. The van der Waals surface area contributed by atoms with Crippen molar-refractivity contribution in [1.82, 2.24) is 15.5 Å². The Hall–Kier alpha value is -2.57. The molecule has 0 saturated heterocycles. The average Bonchev–Trinajstić information content (AvgIpc) is 3.00. The topological polar surface area (TPSA) is 89.3 Å². The smallest absolute Gasteiger partial charge is 0.255 e. The molecule has 7 heteroatoms. The number of nitrogens with zero attached hydrogens (tertiary/aromatic N) is 2. The van der Waals surface area contributed by atoms with Gasteiger partial charge in [0.1, 0.15) is 6.61 Å². The van der Waals surface area contributed by atoms with E-state index >= 15 is 0 Å². The van der Waals surface area contributed by atoms with Gasteiger partial charge >= 0.3 is 0 Å². The highest BCUT2D eigenvalue weighted by Gasteiger charge is 2.18. The van der Waals surface area contributed by atoms with E-state index in [0.717, 1.165) is 12.2 Å². The number of benzene rings is 1. The van der Waals surface area contributed by atoms with E-state index in [4.69, 9.17) is 4.74 Å². The Morgan fingerprint density at radius 3 is 3.25 bits per heavy atom. The van der Waals surface area contributed by atoms with Crippen molar-refractivity contribution in [2.24, 2.45) is 0 Å². The Morgan fingerprint density at radius 2 is 2.40 bits per heavy atom. The number of para-hydroxylation sites is 1. The van der Waals surface area contributed by atoms with Crippen molar-refractivity contribution < 1.29 is 14.1 Å². The molecular weight excluding hydrogens is 260 g/mol. The first-order chi connectivity index (χ1) is 9.84. The number of ether oxygens (including phenoxy) is 1. The first-order valence-electron chi connectivity index (χ1n) is 6.38. The Kier molecular flexibility index (Phi) is 3.49. The number of fused-ring (bicyclic) bond motifs is 1. The van der Waals surface area contributed by atoms with Gasteiger partial charge in [0.2, 0.25) is 6.39 Å². The van der Waals surface area contributed by atoms with Crippen molar-refractivity contribution >= 4 is 11.6 Å². The Morgan fingerprint density at radius 1 is 1.45 bits per heavy atom. The molecule has 0 saturated carbocycles. The van der Waals surface area contributed by atoms with Crippen LogP contribution in [0.1, 0.15) is 16.2 Å². The fourth-order valence-corrected chi connectivity index (χ4v) is 2.03. The van der Waals surface area contributed by atoms with Crippen molar-refractivity contribution in [1.29, 1.82) is 0 Å². The number of amides is 1. The van der Waals surface area contributed by atoms with Gasteiger partial charge in [-0.2, -0.15) is 4.98 Å². The maximum absolute atomic E-state index is 12.2. The summed E-state index contributed by atoms with van der Waals surface area (Å²) in [7, 11) is 0. The Labute approximate surface area is 115 Å². The van der Waals surface area contributed by atoms with Crippen LogP contribution in [-0.2, 0) is 6.42 Å². The number of hydrogen-bond acceptors (Lipinski definition) is 6. The van der Waals surface area contributed by atoms with Gasteiger partial charge in [0.15, 0.2) is 11.6 Å². The van der Waals surface area contributed by atoms with Crippen LogP contribution in [0.15, 0.2) is 29.1 Å². The molecule has 2 heterocycles. The standard InChI is InChI=1S/C13H14N4O3/c18-13(15-5-4-11-16-8-20-17-11)9-2-1-3-10-12(9)19-7-6-14-10/h1-3,8,14H,4-7H2,(H,15,18). The molecule has 0 fully saturated rings. The highest BCUT2D eigenvalue weighted by Crippen LogP contribution is 2.30. The first kappa shape index (κ1) is 12.5. The van der Waals surface area contributed by atoms with Crippen LogP contribution in [-0.4, -0.2) is 35.7 Å². The SMILES string of the molecule is O=C(NCCc1ncon1)c1cccc2c1OCCN2. The molecule has 104 valence electrons. The summed E-state index contributed by atoms with van der Waals surface area (Å²) in [4.78, 5) is 16.1. The third-order valence-electron chi connectivity index (χ3n) is 2.96. The van der Waals surface area contributed by atoms with E-state index in [0.29, 0.717) is 36.7 Å². The van der Waals surface area contributed by atoms with Crippen LogP contribution >= 0.6 is 0 Å². The lowest BCUT2D eigenvalue weighted by Crippen LogP contribution is -2.28. The van der Waals surface area contributed by atoms with E-state index in [9.17, 15) is 4.79 Å². The van der Waals surface area contributed by atoms with Crippen LogP contribution in [0.2, 0.25) is 0 Å². The Balaban J connectivity index is 1.65. The van der Waals surface area contributed by atoms with Crippen molar-refractivity contribution in [3.05, 3.63) is 36.0 Å². The van der Waals surface area contributed by atoms with E-state index in [2.05, 4.69) is 25.3 Å². The molecule has 0 atom stereocenters. The molecule has 7 nitrogen and oxygen atoms in total. The van der Waals surface area contributed by atoms with E-state index in [1.54, 1.807) is 6.07 Å². The van der Waals surface area contributed by atoms with E-state index < -0.39 is 0 Å². The third kappa shape index (κ3) is 2.56. The molecule has 3 rings (SSSR count). The number of carbonyl (C=O) groups excluding carboxylic acids is 1. The quantitative estimate of drug-likeness (QED) is 0.859. The second-order valence-electron chi connectivity index (χ2n) is 4.31. The minimum atomic E-state index is -0.172. The zero-order valence-electron chi connectivity index (χ0n) is 10.8. The number of carbonyl (C=O) groups is 1. The molecule has 1 aliphatic rings. The molecule has 20 heavy (non-hydrogen) atoms. The molecule has 1 aromatic carbocycles. The fraction of sp³-hybridized carbons (Fsp3) is 0.308. The Bertz CT molecular complexity index is 598. The van der Waals surface area contributed by atoms with Gasteiger partial charge in [-0.1, -0.05) is 11.2 Å². The normalized spacial score (nSPS) is 13.0. The van der Waals surface area contributed by atoms with Gasteiger partial charge in [0.05, 0.1) is 11.3 Å². The monoisotopic (exact) mass is 274 g/mol. The third-order valence-corrected chi connectivity index (χ3v) is 2.96. The predicted molar refractivity (Wildman–Crippen MR) is 70.8 cm³/mol. The molecule has 0 spiro atoms. The van der Waals surface area contributed by atoms with Gasteiger partial charge in [-0.3, -0.25) is 4.79 Å². The minimum absolute atomic E-state index is 0.172. The number of nitrogens with one attached hydrogen (secondary N) is 2. The van der Waals surface area contributed by atoms with Gasteiger partial charge in [0, 0.05) is 19.5 Å². The minimum Gasteiger partial charge on any atom is -0.489 e. The largest absolute Gasteiger partial charge is 0.489 e. The number of rotatable bonds is 4. The molecule has 1 aliphatic heterocycles. The second kappa shape index (κ2) is 5.60. The van der Waals surface area contributed by atoms with Crippen LogP contribution in [0.3, 0.4) is 0 Å². The molecular formula is C13H14N4O3. The summed E-state index contributed by atoms with van der Waals surface area (Å²) >= 11 is 0. The van der Waals surface area contributed by atoms with Crippen molar-refractivity contribution in [2.45, 2.75) is 6.42 Å². The number of anilines is 1. The van der Waals surface area contributed by atoms with Crippen LogP contribution < -0.4 is 15.4 Å². The molecule has 1 amide bonds. The summed E-state index contributed by atoms with van der Waals surface area (Å²) in [5, 5.41) is 9.70. The maximum Gasteiger partial charge on any atom is 0.255 e. The van der Waals surface area contributed by atoms with Crippen molar-refractivity contribution in [3.8, 4) is 5.75 Å². The first-order valence-corrected chi connectivity index (χ1v) is 6.38. The predicted octanol–water partition coefficient (Wildman–Crippen LogP) is 0.846. The van der Waals surface area contributed by atoms with E-state index in [1.165, 1.54) is 6.39 Å². The summed E-state index contributed by atoms with van der Waals surface area (Å²) < 4.78 is 10.2. The summed E-state index contributed by atoms with van der Waals surface area (Å²) in [6.07, 6.45) is 1.79. The zero-order chi connectivity index (χ0) is 13.8. The average molecular weight is 274 g/mol. The van der Waals surface area contributed by atoms with Crippen LogP contribution in [0, 0.1) is 0 Å². The lowest BCUT2D eigenvalue weighted by atomic mass is 10.1. The van der Waals surface area contributed by atoms with Crippen LogP contribution in [0.4, 0.5) is 5.69 Å². The summed E-state index contributed by atoms with van der Waals surface area (Å²) in [6.45, 7) is 1.74. The molecule has 1 aromatic heterocycles. The second-order valence-corrected chi connectivity index (χ2v) is 4.31. The molecule has 0 aliphatic carbocycles. The van der Waals surface area contributed by atoms with Gasteiger partial charge in [-0.15, -0.1) is 0 Å². The molecule has 2 N–H and O–H groups in total. The lowest BCUT2D eigenvalue weighted by Gasteiger charge is -2.21. The number of hydrogen-bond donors (Lipinski definition) is 2. The summed E-state index contributed by atoms with van der Waals surface area (Å²) in [5.74, 6) is 1.00. The van der Waals surface area contributed by atoms with Gasteiger partial charge in [0.25, 0.3) is 5.91 Å². The summed E-state index contributed by atoms with van der Waals surface area (Å²) in [6, 6.07) is 5.47. The molecule has 2 aromatic rings. The van der Waals surface area contributed by atoms with Crippen molar-refractivity contribution in [2.75, 3.05) is 25.0 Å². The molecule has 0 radical (unpaired) electrons. The maximum atomic E-state index is 12.2. The van der Waals surface area contributed by atoms with Crippen molar-refractivity contribution in [3.63, 3.8) is 0 Å². The molecule has 0 bridgehead atoms. The highest BCUT2D eigenvalue weighted by molar-refractivity contribution is 5.98. The van der Waals surface area contributed by atoms with E-state index in [1.807, 2.05) is 12.1 Å².